The molecule has 0 radical (unpaired) electrons. The number of aromatic nitrogens is 1. The summed E-state index contributed by atoms with van der Waals surface area (Å²) in [4.78, 5) is 17.0. The van der Waals surface area contributed by atoms with E-state index in [1.165, 1.54) is 11.3 Å². The van der Waals surface area contributed by atoms with Crippen LogP contribution in [0.25, 0.3) is 0 Å². The van der Waals surface area contributed by atoms with Gasteiger partial charge in [-0.3, -0.25) is 9.69 Å². The van der Waals surface area contributed by atoms with Crippen LogP contribution in [0.1, 0.15) is 25.5 Å². The minimum absolute atomic E-state index is 0.406. The van der Waals surface area contributed by atoms with Gasteiger partial charge in [-0.15, -0.1) is 11.3 Å². The molecule has 0 amide bonds. The zero-order valence-corrected chi connectivity index (χ0v) is 9.83. The lowest BCUT2D eigenvalue weighted by Crippen LogP contribution is -2.37. The second kappa shape index (κ2) is 5.82. The van der Waals surface area contributed by atoms with Gasteiger partial charge in [-0.25, -0.2) is 4.98 Å². The van der Waals surface area contributed by atoms with Gasteiger partial charge in [0.25, 0.3) is 0 Å². The molecule has 1 aromatic heterocycles. The summed E-state index contributed by atoms with van der Waals surface area (Å²) in [7, 11) is 1.83. The van der Waals surface area contributed by atoms with E-state index in [1.54, 1.807) is 5.51 Å². The zero-order valence-electron chi connectivity index (χ0n) is 9.01. The van der Waals surface area contributed by atoms with Crippen molar-refractivity contribution in [3.8, 4) is 0 Å². The largest absolute Gasteiger partial charge is 0.480 e. The Morgan fingerprint density at radius 1 is 1.73 bits per heavy atom. The Kier molecular flexibility index (Phi) is 4.71. The number of hydrogen-bond donors (Lipinski definition) is 1. The van der Waals surface area contributed by atoms with Gasteiger partial charge in [-0.2, -0.15) is 0 Å². The molecule has 0 spiro atoms. The third-order valence-electron chi connectivity index (χ3n) is 2.27. The molecule has 0 saturated carbocycles. The summed E-state index contributed by atoms with van der Waals surface area (Å²) >= 11 is 1.53. The van der Waals surface area contributed by atoms with Gasteiger partial charge in [0.2, 0.25) is 0 Å². The predicted octanol–water partition coefficient (Wildman–Crippen LogP) is 1.83. The van der Waals surface area contributed by atoms with Crippen molar-refractivity contribution in [1.82, 2.24) is 9.88 Å². The number of thiazole rings is 1. The van der Waals surface area contributed by atoms with Crippen molar-refractivity contribution >= 4 is 17.3 Å². The van der Waals surface area contributed by atoms with Gasteiger partial charge in [0.1, 0.15) is 6.04 Å². The molecule has 0 saturated heterocycles. The van der Waals surface area contributed by atoms with E-state index in [-0.39, 0.29) is 0 Å². The third-order valence-corrected chi connectivity index (χ3v) is 2.91. The first-order valence-electron chi connectivity index (χ1n) is 4.95. The third kappa shape index (κ3) is 3.60. The quantitative estimate of drug-likeness (QED) is 0.807. The molecular weight excluding hydrogens is 212 g/mol. The van der Waals surface area contributed by atoms with Crippen LogP contribution in [0.4, 0.5) is 0 Å². The molecular formula is C10H16N2O2S. The first kappa shape index (κ1) is 12.1. The number of carbonyl (C=O) groups is 1. The second-order valence-corrected chi connectivity index (χ2v) is 4.26. The highest BCUT2D eigenvalue weighted by Gasteiger charge is 2.21. The maximum Gasteiger partial charge on any atom is 0.320 e. The molecule has 1 rings (SSSR count). The highest BCUT2D eigenvalue weighted by atomic mass is 32.1. The first-order chi connectivity index (χ1) is 7.15. The average Bonchev–Trinajstić information content (AvgIpc) is 2.65. The molecule has 15 heavy (non-hydrogen) atoms. The average molecular weight is 228 g/mol. The van der Waals surface area contributed by atoms with Crippen molar-refractivity contribution in [3.63, 3.8) is 0 Å². The van der Waals surface area contributed by atoms with Gasteiger partial charge in [-0.1, -0.05) is 13.3 Å². The van der Waals surface area contributed by atoms with E-state index >= 15 is 0 Å². The molecule has 0 aromatic carbocycles. The molecule has 84 valence electrons. The Labute approximate surface area is 93.6 Å². The molecule has 0 aliphatic heterocycles. The van der Waals surface area contributed by atoms with Crippen molar-refractivity contribution in [3.05, 3.63) is 16.6 Å². The van der Waals surface area contributed by atoms with Gasteiger partial charge < -0.3 is 5.11 Å². The van der Waals surface area contributed by atoms with Crippen LogP contribution >= 0.6 is 11.3 Å². The van der Waals surface area contributed by atoms with E-state index in [2.05, 4.69) is 4.98 Å². The van der Waals surface area contributed by atoms with E-state index in [0.29, 0.717) is 13.0 Å². The SMILES string of the molecule is CCCC(C(=O)O)N(C)Cc1cscn1. The summed E-state index contributed by atoms with van der Waals surface area (Å²) in [5, 5.41) is 11.0. The number of likely N-dealkylation sites (N-methyl/N-ethyl adjacent to an activating group) is 1. The van der Waals surface area contributed by atoms with Gasteiger partial charge in [0.15, 0.2) is 0 Å². The monoisotopic (exact) mass is 228 g/mol. The molecule has 1 atom stereocenters. The molecule has 1 aromatic rings. The normalized spacial score (nSPS) is 13.0. The Morgan fingerprint density at radius 2 is 2.47 bits per heavy atom. The highest BCUT2D eigenvalue weighted by molar-refractivity contribution is 7.07. The topological polar surface area (TPSA) is 53.4 Å². The maximum atomic E-state index is 11.0. The Balaban J connectivity index is 2.56. The minimum atomic E-state index is -0.755. The molecule has 1 N–H and O–H groups in total. The molecule has 0 bridgehead atoms. The van der Waals surface area contributed by atoms with Crippen LogP contribution in [0.5, 0.6) is 0 Å². The number of rotatable bonds is 6. The van der Waals surface area contributed by atoms with Crippen LogP contribution in [0.15, 0.2) is 10.9 Å². The molecule has 0 aliphatic carbocycles. The van der Waals surface area contributed by atoms with Crippen molar-refractivity contribution in [1.29, 1.82) is 0 Å². The smallest absolute Gasteiger partial charge is 0.320 e. The minimum Gasteiger partial charge on any atom is -0.480 e. The summed E-state index contributed by atoms with van der Waals surface area (Å²) in [5.41, 5.74) is 2.70. The van der Waals surface area contributed by atoms with E-state index in [1.807, 2.05) is 24.3 Å². The summed E-state index contributed by atoms with van der Waals surface area (Å²) in [6, 6.07) is -0.406. The second-order valence-electron chi connectivity index (χ2n) is 3.54. The highest BCUT2D eigenvalue weighted by Crippen LogP contribution is 2.10. The molecule has 5 heteroatoms. The van der Waals surface area contributed by atoms with Crippen LogP contribution in [0.2, 0.25) is 0 Å². The Bertz CT molecular complexity index is 300. The molecule has 1 heterocycles. The van der Waals surface area contributed by atoms with Crippen molar-refractivity contribution in [2.45, 2.75) is 32.4 Å². The van der Waals surface area contributed by atoms with Crippen molar-refractivity contribution < 1.29 is 9.90 Å². The maximum absolute atomic E-state index is 11.0. The van der Waals surface area contributed by atoms with Gasteiger partial charge in [0.05, 0.1) is 11.2 Å². The van der Waals surface area contributed by atoms with Crippen LogP contribution in [0, 0.1) is 0 Å². The van der Waals surface area contributed by atoms with E-state index in [4.69, 9.17) is 5.11 Å². The molecule has 1 unspecified atom stereocenters. The van der Waals surface area contributed by atoms with Crippen LogP contribution in [-0.4, -0.2) is 34.0 Å². The Morgan fingerprint density at radius 3 is 2.93 bits per heavy atom. The number of nitrogens with zero attached hydrogens (tertiary/aromatic N) is 2. The first-order valence-corrected chi connectivity index (χ1v) is 5.89. The van der Waals surface area contributed by atoms with Crippen molar-refractivity contribution in [2.75, 3.05) is 7.05 Å². The van der Waals surface area contributed by atoms with Gasteiger partial charge >= 0.3 is 5.97 Å². The summed E-state index contributed by atoms with van der Waals surface area (Å²) < 4.78 is 0. The van der Waals surface area contributed by atoms with Crippen molar-refractivity contribution in [2.24, 2.45) is 0 Å². The predicted molar refractivity (Wildman–Crippen MR) is 59.9 cm³/mol. The molecule has 0 fully saturated rings. The standard InChI is InChI=1S/C10H16N2O2S/c1-3-4-9(10(13)14)12(2)5-8-6-15-7-11-8/h6-7,9H,3-5H2,1-2H3,(H,13,14). The lowest BCUT2D eigenvalue weighted by molar-refractivity contribution is -0.143. The number of carboxylic acids is 1. The van der Waals surface area contributed by atoms with Crippen LogP contribution in [0.3, 0.4) is 0 Å². The lowest BCUT2D eigenvalue weighted by atomic mass is 10.1. The van der Waals surface area contributed by atoms with Gasteiger partial charge in [-0.05, 0) is 13.5 Å². The Hall–Kier alpha value is -0.940. The summed E-state index contributed by atoms with van der Waals surface area (Å²) in [6.45, 7) is 2.59. The number of hydrogen-bond acceptors (Lipinski definition) is 4. The fourth-order valence-corrected chi connectivity index (χ4v) is 2.04. The fraction of sp³-hybridized carbons (Fsp3) is 0.600. The van der Waals surface area contributed by atoms with Crippen LogP contribution < -0.4 is 0 Å². The fourth-order valence-electron chi connectivity index (χ4n) is 1.49. The number of aliphatic carboxylic acids is 1. The lowest BCUT2D eigenvalue weighted by Gasteiger charge is -2.23. The summed E-state index contributed by atoms with van der Waals surface area (Å²) in [6.07, 6.45) is 1.55. The number of carboxylic acid groups (broad SMARTS) is 1. The zero-order chi connectivity index (χ0) is 11.3. The van der Waals surface area contributed by atoms with E-state index in [0.717, 1.165) is 12.1 Å². The van der Waals surface area contributed by atoms with E-state index < -0.39 is 12.0 Å². The van der Waals surface area contributed by atoms with Crippen LogP contribution in [-0.2, 0) is 11.3 Å². The summed E-state index contributed by atoms with van der Waals surface area (Å²) in [5.74, 6) is -0.755. The van der Waals surface area contributed by atoms with Gasteiger partial charge in [0, 0.05) is 11.9 Å². The van der Waals surface area contributed by atoms with E-state index in [9.17, 15) is 4.79 Å². The molecule has 0 aliphatic rings. The molecule has 4 nitrogen and oxygen atoms in total.